The van der Waals surface area contributed by atoms with Crippen LogP contribution in [0.1, 0.15) is 24.4 Å². The largest absolute Gasteiger partial charge is 0.418 e. The van der Waals surface area contributed by atoms with E-state index in [4.69, 9.17) is 16.3 Å². The van der Waals surface area contributed by atoms with Crippen molar-refractivity contribution in [3.8, 4) is 17.5 Å². The van der Waals surface area contributed by atoms with Crippen molar-refractivity contribution in [2.75, 3.05) is 5.32 Å². The third-order valence-corrected chi connectivity index (χ3v) is 4.78. The molecule has 7 heteroatoms. The highest BCUT2D eigenvalue weighted by atomic mass is 16.4. The van der Waals surface area contributed by atoms with Crippen LogP contribution in [0, 0.1) is 17.9 Å². The first-order valence-electron chi connectivity index (χ1n) is 9.28. The fourth-order valence-electron chi connectivity index (χ4n) is 3.23. The van der Waals surface area contributed by atoms with Crippen LogP contribution in [0.25, 0.3) is 27.1 Å². The average molecular weight is 395 g/mol. The first kappa shape index (κ1) is 19.1. The summed E-state index contributed by atoms with van der Waals surface area (Å²) in [6.45, 7) is 9.00. The summed E-state index contributed by atoms with van der Waals surface area (Å²) in [5.74, 6) is 0.540. The third-order valence-electron chi connectivity index (χ3n) is 4.78. The molecule has 0 aliphatic heterocycles. The molecule has 1 aromatic heterocycles. The molecule has 30 heavy (non-hydrogen) atoms. The van der Waals surface area contributed by atoms with Gasteiger partial charge in [-0.25, -0.2) is 4.85 Å². The van der Waals surface area contributed by atoms with E-state index >= 15 is 0 Å². The van der Waals surface area contributed by atoms with Gasteiger partial charge in [0.05, 0.1) is 24.3 Å². The summed E-state index contributed by atoms with van der Waals surface area (Å²) >= 11 is 0. The minimum Gasteiger partial charge on any atom is -0.418 e. The fourth-order valence-corrected chi connectivity index (χ4v) is 3.23. The van der Waals surface area contributed by atoms with E-state index in [1.165, 1.54) is 0 Å². The van der Waals surface area contributed by atoms with Crippen molar-refractivity contribution in [2.24, 2.45) is 0 Å². The normalized spacial score (nSPS) is 12.7. The van der Waals surface area contributed by atoms with Crippen molar-refractivity contribution in [1.29, 1.82) is 5.26 Å². The maximum atomic E-state index is 10.4. The second-order valence-electron chi connectivity index (χ2n) is 6.79. The Kier molecular flexibility index (Phi) is 5.13. The Bertz CT molecular complexity index is 1280. The number of nitriles is 1. The molecule has 0 saturated heterocycles. The average Bonchev–Trinajstić information content (AvgIpc) is 3.27. The van der Waals surface area contributed by atoms with E-state index in [1.807, 2.05) is 30.3 Å². The highest BCUT2D eigenvalue weighted by molar-refractivity contribution is 6.02. The van der Waals surface area contributed by atoms with Crippen LogP contribution in [0.5, 0.6) is 0 Å². The van der Waals surface area contributed by atoms with Crippen molar-refractivity contribution in [3.05, 3.63) is 83.5 Å². The van der Waals surface area contributed by atoms with E-state index in [2.05, 4.69) is 26.4 Å². The van der Waals surface area contributed by atoms with Crippen molar-refractivity contribution in [2.45, 2.75) is 19.1 Å². The van der Waals surface area contributed by atoms with E-state index in [0.29, 0.717) is 22.7 Å². The number of nitrogens with one attached hydrogen (secondary N) is 1. The molecular weight excluding hydrogens is 378 g/mol. The number of anilines is 1. The van der Waals surface area contributed by atoms with Gasteiger partial charge in [-0.15, -0.1) is 10.2 Å². The van der Waals surface area contributed by atoms with Crippen LogP contribution in [0.2, 0.25) is 0 Å². The van der Waals surface area contributed by atoms with Crippen LogP contribution in [-0.4, -0.2) is 21.4 Å². The predicted molar refractivity (Wildman–Crippen MR) is 113 cm³/mol. The maximum Gasteiger partial charge on any atom is 0.247 e. The fraction of sp³-hybridized carbons (Fsp3) is 0.130. The van der Waals surface area contributed by atoms with E-state index in [-0.39, 0.29) is 5.89 Å². The molecular formula is C23H17N5O2. The van der Waals surface area contributed by atoms with Crippen molar-refractivity contribution < 1.29 is 9.52 Å². The summed E-state index contributed by atoms with van der Waals surface area (Å²) in [7, 11) is 0. The summed E-state index contributed by atoms with van der Waals surface area (Å²) in [5.41, 5.74) is 2.54. The molecule has 146 valence electrons. The molecule has 4 aromatic rings. The Balaban J connectivity index is 1.68. The molecule has 2 N–H and O–H groups in total. The number of benzene rings is 3. The monoisotopic (exact) mass is 395 g/mol. The van der Waals surface area contributed by atoms with Crippen LogP contribution >= 0.6 is 0 Å². The zero-order valence-corrected chi connectivity index (χ0v) is 16.1. The predicted octanol–water partition coefficient (Wildman–Crippen LogP) is 4.85. The first-order chi connectivity index (χ1) is 14.6. The molecule has 7 nitrogen and oxygen atoms in total. The summed E-state index contributed by atoms with van der Waals surface area (Å²) in [6.07, 6.45) is -0.821. The zero-order chi connectivity index (χ0) is 21.1. The van der Waals surface area contributed by atoms with Crippen molar-refractivity contribution in [3.63, 3.8) is 0 Å². The molecule has 0 aliphatic rings. The van der Waals surface area contributed by atoms with E-state index in [1.54, 1.807) is 37.3 Å². The van der Waals surface area contributed by atoms with Gasteiger partial charge < -0.3 is 14.8 Å². The molecule has 0 fully saturated rings. The van der Waals surface area contributed by atoms with E-state index in [9.17, 15) is 5.11 Å². The highest BCUT2D eigenvalue weighted by Gasteiger charge is 2.25. The smallest absolute Gasteiger partial charge is 0.247 e. The number of fused-ring (bicyclic) bond motifs is 1. The molecule has 0 unspecified atom stereocenters. The summed E-state index contributed by atoms with van der Waals surface area (Å²) in [5, 5.41) is 32.5. The number of aromatic nitrogens is 2. The van der Waals surface area contributed by atoms with Gasteiger partial charge in [0, 0.05) is 11.3 Å². The maximum absolute atomic E-state index is 10.4. The Labute approximate surface area is 173 Å². The van der Waals surface area contributed by atoms with Crippen molar-refractivity contribution >= 4 is 22.1 Å². The number of hydrogen-bond donors (Lipinski definition) is 2. The number of hydrogen-bond acceptors (Lipinski definition) is 6. The topological polar surface area (TPSA) is 99.3 Å². The second-order valence-corrected chi connectivity index (χ2v) is 6.79. The summed E-state index contributed by atoms with van der Waals surface area (Å²) < 4.78 is 5.82. The quantitative estimate of drug-likeness (QED) is 0.469. The van der Waals surface area contributed by atoms with Gasteiger partial charge in [-0.2, -0.15) is 5.26 Å². The molecule has 2 atom stereocenters. The molecule has 0 saturated carbocycles. The Morgan fingerprint density at radius 2 is 1.80 bits per heavy atom. The Morgan fingerprint density at radius 1 is 1.07 bits per heavy atom. The van der Waals surface area contributed by atoms with E-state index in [0.717, 1.165) is 16.5 Å². The van der Waals surface area contributed by atoms with Gasteiger partial charge in [-0.05, 0) is 48.0 Å². The number of nitrogens with zero attached hydrogens (tertiary/aromatic N) is 4. The summed E-state index contributed by atoms with van der Waals surface area (Å²) in [4.78, 5) is 3.57. The Morgan fingerprint density at radius 3 is 2.47 bits per heavy atom. The van der Waals surface area contributed by atoms with Crippen LogP contribution in [0.3, 0.4) is 0 Å². The van der Waals surface area contributed by atoms with Crippen LogP contribution < -0.4 is 5.32 Å². The molecule has 0 amide bonds. The number of aliphatic hydroxyl groups excluding tert-OH is 1. The van der Waals surface area contributed by atoms with Crippen molar-refractivity contribution in [1.82, 2.24) is 10.2 Å². The lowest BCUT2D eigenvalue weighted by Gasteiger charge is -2.20. The van der Waals surface area contributed by atoms with Gasteiger partial charge in [-0.1, -0.05) is 30.3 Å². The molecule has 0 aliphatic carbocycles. The highest BCUT2D eigenvalue weighted by Crippen LogP contribution is 2.34. The van der Waals surface area contributed by atoms with Gasteiger partial charge in [0.1, 0.15) is 6.04 Å². The van der Waals surface area contributed by atoms with E-state index < -0.39 is 12.1 Å². The van der Waals surface area contributed by atoms with Gasteiger partial charge >= 0.3 is 0 Å². The molecule has 3 aromatic carbocycles. The summed E-state index contributed by atoms with van der Waals surface area (Å²) in [6, 6.07) is 19.4. The SMILES string of the molecule is [C-]#[N+]c1ccc(N[C@@H](c2nnc(-c3ccc(C#N)cc3)o2)[C@@H](C)O)c2ccccc12. The van der Waals surface area contributed by atoms with Gasteiger partial charge in [0.25, 0.3) is 0 Å². The lowest BCUT2D eigenvalue weighted by atomic mass is 10.1. The molecule has 1 heterocycles. The number of rotatable bonds is 5. The standard InChI is InChI=1S/C23H17N5O2/c1-14(29)21(23-28-27-22(30-23)16-9-7-15(13-24)8-10-16)26-20-12-11-19(25-2)17-5-3-4-6-18(17)20/h3-12,14,21,26,29H,1H3/t14-,21-/m1/s1. The molecule has 0 radical (unpaired) electrons. The number of aliphatic hydroxyl groups is 1. The zero-order valence-electron chi connectivity index (χ0n) is 16.1. The second kappa shape index (κ2) is 8.04. The van der Waals surface area contributed by atoms with Crippen LogP contribution in [0.15, 0.2) is 65.1 Å². The molecule has 0 spiro atoms. The van der Waals surface area contributed by atoms with Gasteiger partial charge in [-0.3, -0.25) is 0 Å². The third kappa shape index (κ3) is 3.58. The molecule has 4 rings (SSSR count). The molecule has 0 bridgehead atoms. The lowest BCUT2D eigenvalue weighted by molar-refractivity contribution is 0.160. The minimum absolute atomic E-state index is 0.239. The Hall–Kier alpha value is -4.20. The first-order valence-corrected chi connectivity index (χ1v) is 9.28. The van der Waals surface area contributed by atoms with Crippen LogP contribution in [0.4, 0.5) is 11.4 Å². The van der Waals surface area contributed by atoms with Crippen LogP contribution in [-0.2, 0) is 0 Å². The lowest BCUT2D eigenvalue weighted by Crippen LogP contribution is -2.23. The van der Waals surface area contributed by atoms with Gasteiger partial charge in [0.15, 0.2) is 5.69 Å². The minimum atomic E-state index is -0.821. The van der Waals surface area contributed by atoms with Gasteiger partial charge in [0.2, 0.25) is 11.8 Å².